The van der Waals surface area contributed by atoms with Crippen LogP contribution in [0.2, 0.25) is 0 Å². The highest BCUT2D eigenvalue weighted by Crippen LogP contribution is 2.23. The quantitative estimate of drug-likeness (QED) is 0.925. The van der Waals surface area contributed by atoms with Crippen molar-refractivity contribution in [1.82, 2.24) is 10.2 Å². The molecule has 0 atom stereocenters. The van der Waals surface area contributed by atoms with Crippen LogP contribution in [0.3, 0.4) is 0 Å². The standard InChI is InChI=1S/C15H15FN4/c1-3-12-13(9-17)15(20-19-14(12)4-2)18-11-7-5-10(16)6-8-11/h5-8H,3-4H2,1-2H3,(H,18,20). The second-order valence-electron chi connectivity index (χ2n) is 4.30. The van der Waals surface area contributed by atoms with Crippen LogP contribution in [-0.2, 0) is 12.8 Å². The van der Waals surface area contributed by atoms with Crippen LogP contribution in [0.1, 0.15) is 30.7 Å². The molecular formula is C15H15FN4. The first-order valence-electron chi connectivity index (χ1n) is 6.50. The van der Waals surface area contributed by atoms with Gasteiger partial charge in [-0.25, -0.2) is 4.39 Å². The SMILES string of the molecule is CCc1nnc(Nc2ccc(F)cc2)c(C#N)c1CC. The molecule has 0 aliphatic rings. The first-order chi connectivity index (χ1) is 9.69. The normalized spacial score (nSPS) is 10.1. The van der Waals surface area contributed by atoms with Crippen LogP contribution in [0.4, 0.5) is 15.9 Å². The third-order valence-electron chi connectivity index (χ3n) is 3.06. The van der Waals surface area contributed by atoms with Crippen molar-refractivity contribution < 1.29 is 4.39 Å². The molecule has 0 bridgehead atoms. The number of aryl methyl sites for hydroxylation is 1. The smallest absolute Gasteiger partial charge is 0.171 e. The van der Waals surface area contributed by atoms with Gasteiger partial charge in [-0.15, -0.1) is 5.10 Å². The van der Waals surface area contributed by atoms with Crippen LogP contribution in [0.5, 0.6) is 0 Å². The van der Waals surface area contributed by atoms with E-state index in [1.807, 2.05) is 13.8 Å². The Labute approximate surface area is 117 Å². The molecular weight excluding hydrogens is 255 g/mol. The van der Waals surface area contributed by atoms with Crippen molar-refractivity contribution in [2.45, 2.75) is 26.7 Å². The Balaban J connectivity index is 2.42. The predicted molar refractivity (Wildman–Crippen MR) is 75.2 cm³/mol. The van der Waals surface area contributed by atoms with Gasteiger partial charge in [-0.05, 0) is 42.7 Å². The van der Waals surface area contributed by atoms with Crippen molar-refractivity contribution >= 4 is 11.5 Å². The summed E-state index contributed by atoms with van der Waals surface area (Å²) in [5, 5.41) is 20.6. The van der Waals surface area contributed by atoms with Crippen molar-refractivity contribution in [3.05, 3.63) is 46.9 Å². The van der Waals surface area contributed by atoms with Crippen molar-refractivity contribution in [1.29, 1.82) is 5.26 Å². The molecule has 0 amide bonds. The summed E-state index contributed by atoms with van der Waals surface area (Å²) in [6.07, 6.45) is 1.46. The minimum Gasteiger partial charge on any atom is -0.338 e. The summed E-state index contributed by atoms with van der Waals surface area (Å²) < 4.78 is 12.9. The number of rotatable bonds is 4. The number of nitrogens with zero attached hydrogens (tertiary/aromatic N) is 3. The molecule has 0 aliphatic carbocycles. The van der Waals surface area contributed by atoms with E-state index in [1.54, 1.807) is 12.1 Å². The van der Waals surface area contributed by atoms with Gasteiger partial charge in [-0.2, -0.15) is 10.4 Å². The third-order valence-corrected chi connectivity index (χ3v) is 3.06. The lowest BCUT2D eigenvalue weighted by atomic mass is 10.0. The molecule has 0 unspecified atom stereocenters. The Morgan fingerprint density at radius 1 is 1.15 bits per heavy atom. The van der Waals surface area contributed by atoms with E-state index in [9.17, 15) is 9.65 Å². The molecule has 1 heterocycles. The number of halogens is 1. The van der Waals surface area contributed by atoms with Gasteiger partial charge in [0.05, 0.1) is 5.69 Å². The van der Waals surface area contributed by atoms with Crippen molar-refractivity contribution in [3.63, 3.8) is 0 Å². The molecule has 102 valence electrons. The molecule has 0 saturated heterocycles. The van der Waals surface area contributed by atoms with E-state index in [4.69, 9.17) is 0 Å². The van der Waals surface area contributed by atoms with Gasteiger partial charge in [-0.1, -0.05) is 13.8 Å². The summed E-state index contributed by atoms with van der Waals surface area (Å²) in [7, 11) is 0. The van der Waals surface area contributed by atoms with E-state index in [1.165, 1.54) is 12.1 Å². The zero-order valence-corrected chi connectivity index (χ0v) is 11.4. The summed E-state index contributed by atoms with van der Waals surface area (Å²) in [6.45, 7) is 3.97. The molecule has 0 aliphatic heterocycles. The molecule has 1 aromatic heterocycles. The molecule has 0 fully saturated rings. The van der Waals surface area contributed by atoms with Crippen LogP contribution in [0.25, 0.3) is 0 Å². The molecule has 1 N–H and O–H groups in total. The van der Waals surface area contributed by atoms with Crippen LogP contribution in [0, 0.1) is 17.1 Å². The number of nitriles is 1. The predicted octanol–water partition coefficient (Wildman–Crippen LogP) is 3.36. The maximum absolute atomic E-state index is 12.9. The average Bonchev–Trinajstić information content (AvgIpc) is 2.48. The summed E-state index contributed by atoms with van der Waals surface area (Å²) in [4.78, 5) is 0. The molecule has 2 aromatic rings. The van der Waals surface area contributed by atoms with E-state index in [0.29, 0.717) is 17.1 Å². The zero-order chi connectivity index (χ0) is 14.5. The topological polar surface area (TPSA) is 61.6 Å². The Morgan fingerprint density at radius 3 is 2.40 bits per heavy atom. The number of anilines is 2. The highest BCUT2D eigenvalue weighted by molar-refractivity contribution is 5.64. The van der Waals surface area contributed by atoms with Crippen molar-refractivity contribution in [3.8, 4) is 6.07 Å². The van der Waals surface area contributed by atoms with E-state index >= 15 is 0 Å². The Hall–Kier alpha value is -2.48. The summed E-state index contributed by atoms with van der Waals surface area (Å²) in [6, 6.07) is 8.07. The summed E-state index contributed by atoms with van der Waals surface area (Å²) >= 11 is 0. The summed E-state index contributed by atoms with van der Waals surface area (Å²) in [5.74, 6) is 0.103. The van der Waals surface area contributed by atoms with Gasteiger partial charge in [0.15, 0.2) is 5.82 Å². The first-order valence-corrected chi connectivity index (χ1v) is 6.50. The molecule has 2 rings (SSSR count). The molecule has 20 heavy (non-hydrogen) atoms. The number of nitrogens with one attached hydrogen (secondary N) is 1. The lowest BCUT2D eigenvalue weighted by Gasteiger charge is -2.11. The van der Waals surface area contributed by atoms with Crippen LogP contribution in [0.15, 0.2) is 24.3 Å². The lowest BCUT2D eigenvalue weighted by Crippen LogP contribution is -2.07. The van der Waals surface area contributed by atoms with E-state index in [2.05, 4.69) is 21.6 Å². The van der Waals surface area contributed by atoms with Gasteiger partial charge in [0.2, 0.25) is 0 Å². The van der Waals surface area contributed by atoms with E-state index in [0.717, 1.165) is 24.1 Å². The fourth-order valence-corrected chi connectivity index (χ4v) is 2.05. The second kappa shape index (κ2) is 6.11. The molecule has 1 aromatic carbocycles. The second-order valence-corrected chi connectivity index (χ2v) is 4.30. The maximum Gasteiger partial charge on any atom is 0.171 e. The maximum atomic E-state index is 12.9. The van der Waals surface area contributed by atoms with E-state index in [-0.39, 0.29) is 5.82 Å². The highest BCUT2D eigenvalue weighted by atomic mass is 19.1. The highest BCUT2D eigenvalue weighted by Gasteiger charge is 2.14. The van der Waals surface area contributed by atoms with Crippen LogP contribution in [-0.4, -0.2) is 10.2 Å². The molecule has 4 nitrogen and oxygen atoms in total. The van der Waals surface area contributed by atoms with Gasteiger partial charge in [0, 0.05) is 5.69 Å². The number of hydrogen-bond donors (Lipinski definition) is 1. The molecule has 0 spiro atoms. The van der Waals surface area contributed by atoms with Crippen molar-refractivity contribution in [2.75, 3.05) is 5.32 Å². The number of hydrogen-bond acceptors (Lipinski definition) is 4. The van der Waals surface area contributed by atoms with E-state index < -0.39 is 0 Å². The fourth-order valence-electron chi connectivity index (χ4n) is 2.05. The zero-order valence-electron chi connectivity index (χ0n) is 11.4. The Kier molecular flexibility index (Phi) is 4.26. The van der Waals surface area contributed by atoms with Gasteiger partial charge in [0.25, 0.3) is 0 Å². The van der Waals surface area contributed by atoms with Gasteiger partial charge < -0.3 is 5.32 Å². The lowest BCUT2D eigenvalue weighted by molar-refractivity contribution is 0.628. The Bertz CT molecular complexity index is 644. The van der Waals surface area contributed by atoms with Gasteiger partial charge in [0.1, 0.15) is 17.4 Å². The third kappa shape index (κ3) is 2.75. The molecule has 0 radical (unpaired) electrons. The average molecular weight is 270 g/mol. The van der Waals surface area contributed by atoms with Gasteiger partial charge in [-0.3, -0.25) is 0 Å². The van der Waals surface area contributed by atoms with Gasteiger partial charge >= 0.3 is 0 Å². The van der Waals surface area contributed by atoms with Crippen LogP contribution < -0.4 is 5.32 Å². The monoisotopic (exact) mass is 270 g/mol. The minimum absolute atomic E-state index is 0.308. The fraction of sp³-hybridized carbons (Fsp3) is 0.267. The Morgan fingerprint density at radius 2 is 1.85 bits per heavy atom. The number of aromatic nitrogens is 2. The largest absolute Gasteiger partial charge is 0.338 e. The molecule has 5 heteroatoms. The number of benzene rings is 1. The molecule has 0 saturated carbocycles. The van der Waals surface area contributed by atoms with Crippen LogP contribution >= 0.6 is 0 Å². The minimum atomic E-state index is -0.308. The first kappa shape index (κ1) is 13.9. The summed E-state index contributed by atoms with van der Waals surface area (Å²) in [5.41, 5.74) is 2.93. The van der Waals surface area contributed by atoms with Crippen molar-refractivity contribution in [2.24, 2.45) is 0 Å².